The molecule has 3 atom stereocenters. The Hall–Kier alpha value is -1.97. The van der Waals surface area contributed by atoms with Crippen LogP contribution in [0.1, 0.15) is 32.3 Å². The van der Waals surface area contributed by atoms with Gasteiger partial charge in [0.1, 0.15) is 5.52 Å². The molecule has 1 heterocycles. The van der Waals surface area contributed by atoms with Crippen LogP contribution >= 0.6 is 0 Å². The molecule has 4 N–H and O–H groups in total. The molecule has 0 aliphatic carbocycles. The van der Waals surface area contributed by atoms with Crippen molar-refractivity contribution in [3.63, 3.8) is 0 Å². The Labute approximate surface area is 140 Å². The van der Waals surface area contributed by atoms with Crippen LogP contribution in [0, 0.1) is 0 Å². The average molecular weight is 355 g/mol. The first-order chi connectivity index (χ1) is 11.1. The number of sulfone groups is 1. The van der Waals surface area contributed by atoms with Gasteiger partial charge in [-0.05, 0) is 25.5 Å². The van der Waals surface area contributed by atoms with Gasteiger partial charge in [0, 0.05) is 6.26 Å². The molecule has 0 radical (unpaired) electrons. The molecule has 1 aromatic carbocycles. The van der Waals surface area contributed by atoms with Crippen LogP contribution in [0.2, 0.25) is 0 Å². The summed E-state index contributed by atoms with van der Waals surface area (Å²) in [5.41, 5.74) is 6.70. The Morgan fingerprint density at radius 3 is 2.62 bits per heavy atom. The fourth-order valence-electron chi connectivity index (χ4n) is 2.07. The predicted molar refractivity (Wildman–Crippen MR) is 88.6 cm³/mol. The molecule has 1 aromatic heterocycles. The van der Waals surface area contributed by atoms with Gasteiger partial charge in [0.2, 0.25) is 5.89 Å². The highest BCUT2D eigenvalue weighted by Crippen LogP contribution is 2.24. The number of carbonyl (C=O) groups is 1. The van der Waals surface area contributed by atoms with E-state index in [1.54, 1.807) is 31.2 Å². The standard InChI is InChI=1S/C15H21N3O5S/c1-4-9(18-14(20)15(2,16)24(3,21)22)12(19)13-17-10-7-5-6-8-11(10)23-13/h5-9,12,19H,4,16H2,1-3H3,(H,18,20). The van der Waals surface area contributed by atoms with Crippen molar-refractivity contribution in [2.45, 2.75) is 37.3 Å². The SMILES string of the molecule is CCC(NC(=O)C(C)(N)S(C)(=O)=O)C(O)c1nc2ccccc2o1. The molecule has 0 saturated heterocycles. The molecule has 24 heavy (non-hydrogen) atoms. The number of benzene rings is 1. The van der Waals surface area contributed by atoms with E-state index in [0.29, 0.717) is 17.5 Å². The van der Waals surface area contributed by atoms with Crippen LogP contribution in [-0.2, 0) is 14.6 Å². The third kappa shape index (κ3) is 3.42. The van der Waals surface area contributed by atoms with E-state index in [1.807, 2.05) is 0 Å². The average Bonchev–Trinajstić information content (AvgIpc) is 2.94. The second-order valence-corrected chi connectivity index (χ2v) is 8.22. The first-order valence-corrected chi connectivity index (χ1v) is 9.30. The lowest BCUT2D eigenvalue weighted by molar-refractivity contribution is -0.124. The van der Waals surface area contributed by atoms with Gasteiger partial charge in [-0.3, -0.25) is 4.79 Å². The summed E-state index contributed by atoms with van der Waals surface area (Å²) in [6.07, 6.45) is -0.0299. The molecule has 0 saturated carbocycles. The quantitative estimate of drug-likeness (QED) is 0.685. The predicted octanol–water partition coefficient (Wildman–Crippen LogP) is 0.476. The first kappa shape index (κ1) is 18.4. The number of nitrogens with two attached hydrogens (primary N) is 1. The van der Waals surface area contributed by atoms with Crippen molar-refractivity contribution in [2.75, 3.05) is 6.26 Å². The highest BCUT2D eigenvalue weighted by Gasteiger charge is 2.41. The Bertz CT molecular complexity index is 811. The van der Waals surface area contributed by atoms with Gasteiger partial charge < -0.3 is 20.6 Å². The summed E-state index contributed by atoms with van der Waals surface area (Å²) in [5, 5.41) is 12.9. The molecule has 0 fully saturated rings. The number of rotatable bonds is 6. The topological polar surface area (TPSA) is 136 Å². The fourth-order valence-corrected chi connectivity index (χ4v) is 2.47. The van der Waals surface area contributed by atoms with Crippen molar-refractivity contribution < 1.29 is 22.7 Å². The molecular formula is C15H21N3O5S. The van der Waals surface area contributed by atoms with E-state index in [2.05, 4.69) is 10.3 Å². The number of fused-ring (bicyclic) bond motifs is 1. The fraction of sp³-hybridized carbons (Fsp3) is 0.467. The molecule has 0 aliphatic rings. The van der Waals surface area contributed by atoms with Gasteiger partial charge in [-0.2, -0.15) is 0 Å². The van der Waals surface area contributed by atoms with Crippen LogP contribution < -0.4 is 11.1 Å². The summed E-state index contributed by atoms with van der Waals surface area (Å²) in [6.45, 7) is 2.83. The first-order valence-electron chi connectivity index (χ1n) is 7.41. The third-order valence-electron chi connectivity index (χ3n) is 3.92. The summed E-state index contributed by atoms with van der Waals surface area (Å²) in [4.78, 5) is 14.3. The van der Waals surface area contributed by atoms with E-state index in [9.17, 15) is 18.3 Å². The maximum atomic E-state index is 12.2. The van der Waals surface area contributed by atoms with Crippen molar-refractivity contribution in [2.24, 2.45) is 5.73 Å². The summed E-state index contributed by atoms with van der Waals surface area (Å²) in [7, 11) is -3.82. The molecule has 8 nitrogen and oxygen atoms in total. The minimum Gasteiger partial charge on any atom is -0.438 e. The number of aliphatic hydroxyl groups is 1. The molecule has 132 valence electrons. The van der Waals surface area contributed by atoms with Crippen molar-refractivity contribution in [1.29, 1.82) is 0 Å². The van der Waals surface area contributed by atoms with Crippen LogP contribution in [0.5, 0.6) is 0 Å². The van der Waals surface area contributed by atoms with Gasteiger partial charge in [-0.25, -0.2) is 13.4 Å². The second-order valence-electron chi connectivity index (χ2n) is 5.83. The second kappa shape index (κ2) is 6.50. The van der Waals surface area contributed by atoms with E-state index in [1.165, 1.54) is 0 Å². The van der Waals surface area contributed by atoms with Gasteiger partial charge in [-0.15, -0.1) is 0 Å². The van der Waals surface area contributed by atoms with Crippen LogP contribution in [0.4, 0.5) is 0 Å². The minimum absolute atomic E-state index is 0.0430. The lowest BCUT2D eigenvalue weighted by Gasteiger charge is -2.26. The number of para-hydroxylation sites is 2. The van der Waals surface area contributed by atoms with E-state index in [4.69, 9.17) is 10.2 Å². The van der Waals surface area contributed by atoms with E-state index in [0.717, 1.165) is 13.2 Å². The van der Waals surface area contributed by atoms with Gasteiger partial charge in [0.15, 0.2) is 26.4 Å². The van der Waals surface area contributed by atoms with E-state index < -0.39 is 32.8 Å². The zero-order valence-electron chi connectivity index (χ0n) is 13.7. The summed E-state index contributed by atoms with van der Waals surface area (Å²) < 4.78 is 28.8. The lowest BCUT2D eigenvalue weighted by atomic mass is 10.1. The molecule has 9 heteroatoms. The smallest absolute Gasteiger partial charge is 0.255 e. The largest absolute Gasteiger partial charge is 0.438 e. The van der Waals surface area contributed by atoms with Gasteiger partial charge in [0.05, 0.1) is 6.04 Å². The van der Waals surface area contributed by atoms with E-state index in [-0.39, 0.29) is 5.89 Å². The Kier molecular flexibility index (Phi) is 4.97. The van der Waals surface area contributed by atoms with Crippen molar-refractivity contribution in [1.82, 2.24) is 10.3 Å². The highest BCUT2D eigenvalue weighted by atomic mass is 32.2. The Morgan fingerprint density at radius 2 is 2.08 bits per heavy atom. The normalized spacial score (nSPS) is 17.2. The van der Waals surface area contributed by atoms with Crippen LogP contribution in [0.3, 0.4) is 0 Å². The van der Waals surface area contributed by atoms with Crippen molar-refractivity contribution in [3.8, 4) is 0 Å². The molecule has 0 bridgehead atoms. The summed E-state index contributed by atoms with van der Waals surface area (Å²) in [5.74, 6) is -0.853. The van der Waals surface area contributed by atoms with Crippen LogP contribution in [-0.4, -0.2) is 41.6 Å². The van der Waals surface area contributed by atoms with Gasteiger partial charge >= 0.3 is 0 Å². The Balaban J connectivity index is 2.23. The number of oxazole rings is 1. The number of carbonyl (C=O) groups excluding carboxylic acids is 1. The number of hydrogen-bond donors (Lipinski definition) is 3. The molecular weight excluding hydrogens is 334 g/mol. The molecule has 3 unspecified atom stereocenters. The van der Waals surface area contributed by atoms with Crippen molar-refractivity contribution >= 4 is 26.8 Å². The van der Waals surface area contributed by atoms with Crippen molar-refractivity contribution in [3.05, 3.63) is 30.2 Å². The van der Waals surface area contributed by atoms with Gasteiger partial charge in [0.25, 0.3) is 5.91 Å². The monoisotopic (exact) mass is 355 g/mol. The number of amides is 1. The van der Waals surface area contributed by atoms with Gasteiger partial charge in [-0.1, -0.05) is 19.1 Å². The number of hydrogen-bond acceptors (Lipinski definition) is 7. The molecule has 0 spiro atoms. The zero-order valence-corrected chi connectivity index (χ0v) is 14.5. The lowest BCUT2D eigenvalue weighted by Crippen LogP contribution is -2.59. The molecule has 2 aromatic rings. The molecule has 2 rings (SSSR count). The number of aromatic nitrogens is 1. The van der Waals surface area contributed by atoms with Crippen LogP contribution in [0.15, 0.2) is 28.7 Å². The Morgan fingerprint density at radius 1 is 1.46 bits per heavy atom. The highest BCUT2D eigenvalue weighted by molar-refractivity contribution is 7.92. The maximum absolute atomic E-state index is 12.2. The number of aliphatic hydroxyl groups excluding tert-OH is 1. The molecule has 0 aliphatic heterocycles. The summed E-state index contributed by atoms with van der Waals surface area (Å²) >= 11 is 0. The third-order valence-corrected chi connectivity index (χ3v) is 5.65. The summed E-state index contributed by atoms with van der Waals surface area (Å²) in [6, 6.07) is 6.20. The zero-order chi connectivity index (χ0) is 18.1. The number of nitrogens with one attached hydrogen (secondary N) is 1. The van der Waals surface area contributed by atoms with E-state index >= 15 is 0 Å². The maximum Gasteiger partial charge on any atom is 0.255 e. The van der Waals surface area contributed by atoms with Crippen LogP contribution in [0.25, 0.3) is 11.1 Å². The minimum atomic E-state index is -3.82. The number of nitrogens with zero attached hydrogens (tertiary/aromatic N) is 1. The molecule has 1 amide bonds.